The van der Waals surface area contributed by atoms with Crippen LogP contribution >= 0.6 is 0 Å². The van der Waals surface area contributed by atoms with Crippen LogP contribution in [0.2, 0.25) is 0 Å². The van der Waals surface area contributed by atoms with E-state index in [1.54, 1.807) is 48.1 Å². The molecule has 428 valence electrons. The molecule has 0 atom stereocenters. The second-order valence-corrected chi connectivity index (χ2v) is 18.7. The van der Waals surface area contributed by atoms with Crippen molar-refractivity contribution in [3.05, 3.63) is 107 Å². The number of rotatable bonds is 19. The SMILES string of the molecule is C.C1CCOC1.CN(C)CCN(C)c1cc(OC(F)F)c(Nc2ncnc(-c3cn(C)c4ccc(F)cc34)n2)cc1N.CN(C)CCN(C)c1cc(OC(F)F)c(Nc2ncnc(-c3cn(C)c4ccc(F)cc34)n2)cc1[N+](=O)[O-]. The average molecular weight is 1120 g/mol. The van der Waals surface area contributed by atoms with E-state index in [9.17, 15) is 36.5 Å². The number of anilines is 7. The topological polar surface area (TPSA) is 221 Å². The summed E-state index contributed by atoms with van der Waals surface area (Å²) in [6.07, 6.45) is 8.53. The van der Waals surface area contributed by atoms with Crippen molar-refractivity contribution in [2.24, 2.45) is 14.1 Å². The number of aromatic nitrogens is 8. The summed E-state index contributed by atoms with van der Waals surface area (Å²) >= 11 is 0. The highest BCUT2D eigenvalue weighted by Crippen LogP contribution is 2.41. The highest BCUT2D eigenvalue weighted by Gasteiger charge is 2.25. The number of likely N-dealkylation sites (N-methyl/N-ethyl adjacent to an activating group) is 4. The average Bonchev–Trinajstić information content (AvgIpc) is 4.19. The number of nitro groups is 1. The molecule has 80 heavy (non-hydrogen) atoms. The number of nitrogens with one attached hydrogen (secondary N) is 2. The molecule has 0 saturated carbocycles. The lowest BCUT2D eigenvalue weighted by molar-refractivity contribution is -0.384. The third-order valence-electron chi connectivity index (χ3n) is 12.3. The van der Waals surface area contributed by atoms with Crippen molar-refractivity contribution in [3.63, 3.8) is 0 Å². The summed E-state index contributed by atoms with van der Waals surface area (Å²) < 4.78 is 98.8. The van der Waals surface area contributed by atoms with Crippen LogP contribution < -0.4 is 35.6 Å². The third-order valence-corrected chi connectivity index (χ3v) is 12.3. The first-order valence-corrected chi connectivity index (χ1v) is 24.5. The number of nitro benzene ring substituents is 1. The van der Waals surface area contributed by atoms with Crippen LogP contribution in [-0.4, -0.2) is 149 Å². The Morgan fingerprint density at radius 2 is 1.10 bits per heavy atom. The van der Waals surface area contributed by atoms with Gasteiger partial charge in [0.25, 0.3) is 5.69 Å². The molecule has 1 aliphatic rings. The van der Waals surface area contributed by atoms with Crippen molar-refractivity contribution in [3.8, 4) is 34.3 Å². The number of benzene rings is 4. The number of alkyl halides is 4. The molecule has 0 bridgehead atoms. The maximum Gasteiger partial charge on any atom is 0.387 e. The largest absolute Gasteiger partial charge is 0.433 e. The Bertz CT molecular complexity index is 3370. The number of fused-ring (bicyclic) bond motifs is 2. The van der Waals surface area contributed by atoms with Gasteiger partial charge in [-0.3, -0.25) is 10.1 Å². The third kappa shape index (κ3) is 15.6. The van der Waals surface area contributed by atoms with Crippen LogP contribution in [-0.2, 0) is 18.8 Å². The molecular weight excluding hydrogens is 1050 g/mol. The van der Waals surface area contributed by atoms with Gasteiger partial charge in [0.1, 0.15) is 30.0 Å². The lowest BCUT2D eigenvalue weighted by Gasteiger charge is -2.24. The van der Waals surface area contributed by atoms with Gasteiger partial charge in [-0.2, -0.15) is 27.5 Å². The Balaban J connectivity index is 0.000000234. The summed E-state index contributed by atoms with van der Waals surface area (Å²) in [5.74, 6) is -0.785. The van der Waals surface area contributed by atoms with E-state index in [4.69, 9.17) is 15.2 Å². The summed E-state index contributed by atoms with van der Waals surface area (Å²) in [5, 5.41) is 18.7. The van der Waals surface area contributed by atoms with Gasteiger partial charge in [0.2, 0.25) is 11.9 Å². The Hall–Kier alpha value is -8.56. The minimum absolute atomic E-state index is 0. The standard InChI is InChI=1S/C24H25F3N8O3.C24H27F3N8O.C4H8O.CH4/c1-32(2)7-8-33(3)19-11-21(38-23(26)27)17(10-20(19)35(36)37)30-24-29-13-28-22(31-24)16-12-34(4)18-6-5-14(25)9-15(16)18;1-33(2)7-8-34(3)20-11-21(36-23(26)27)18(10-17(20)28)31-24-30-13-29-22(32-24)16-12-35(4)19-6-5-14(25)9-15(16)19;1-2-4-5-3-1;/h5-6,9-13,23H,7-8H2,1-4H3,(H,28,29,30,31);5-6,9-13,23H,7-8,28H2,1-4H3,(H,29,30,31,32);1-4H2;1H4. The number of hydrogen-bond acceptors (Lipinski definition) is 18. The minimum atomic E-state index is -3.18. The van der Waals surface area contributed by atoms with E-state index < -0.39 is 24.0 Å². The first-order valence-electron chi connectivity index (χ1n) is 24.5. The zero-order valence-corrected chi connectivity index (χ0v) is 44.6. The molecule has 0 aliphatic carbocycles. The number of nitrogen functional groups attached to an aromatic ring is 1. The maximum absolute atomic E-state index is 13.9. The van der Waals surface area contributed by atoms with Crippen LogP contribution in [0.1, 0.15) is 20.3 Å². The smallest absolute Gasteiger partial charge is 0.387 e. The fourth-order valence-electron chi connectivity index (χ4n) is 8.26. The van der Waals surface area contributed by atoms with E-state index in [0.717, 1.165) is 36.9 Å². The molecule has 9 rings (SSSR count). The number of halogens is 6. The molecule has 1 fully saturated rings. The molecule has 27 heteroatoms. The Morgan fingerprint density at radius 3 is 1.51 bits per heavy atom. The molecule has 21 nitrogen and oxygen atoms in total. The van der Waals surface area contributed by atoms with Crippen molar-refractivity contribution in [2.45, 2.75) is 33.5 Å². The second kappa shape index (κ2) is 27.3. The number of aryl methyl sites for hydroxylation is 2. The first-order chi connectivity index (χ1) is 37.6. The van der Waals surface area contributed by atoms with E-state index in [0.29, 0.717) is 52.9 Å². The van der Waals surface area contributed by atoms with Crippen molar-refractivity contribution in [1.29, 1.82) is 0 Å². The molecule has 1 aliphatic heterocycles. The van der Waals surface area contributed by atoms with E-state index >= 15 is 0 Å². The van der Waals surface area contributed by atoms with Crippen LogP contribution in [0.15, 0.2) is 85.7 Å². The number of nitrogens with zero attached hydrogens (tertiary/aromatic N) is 13. The monoisotopic (exact) mass is 1120 g/mol. The van der Waals surface area contributed by atoms with E-state index in [2.05, 4.69) is 45.3 Å². The molecule has 1 saturated heterocycles. The number of nitrogens with two attached hydrogens (primary N) is 1. The van der Waals surface area contributed by atoms with Gasteiger partial charge in [-0.05, 0) is 83.5 Å². The Morgan fingerprint density at radius 1 is 0.662 bits per heavy atom. The predicted molar refractivity (Wildman–Crippen MR) is 298 cm³/mol. The zero-order valence-electron chi connectivity index (χ0n) is 44.6. The van der Waals surface area contributed by atoms with Crippen LogP contribution in [0.5, 0.6) is 11.5 Å². The molecule has 4 aromatic carbocycles. The highest BCUT2D eigenvalue weighted by atomic mass is 19.3. The van der Waals surface area contributed by atoms with E-state index in [-0.39, 0.29) is 71.0 Å². The number of hydrogen-bond donors (Lipinski definition) is 3. The number of ether oxygens (including phenoxy) is 3. The second-order valence-electron chi connectivity index (χ2n) is 18.7. The van der Waals surface area contributed by atoms with Gasteiger partial charge in [-0.15, -0.1) is 0 Å². The van der Waals surface area contributed by atoms with E-state index in [1.165, 1.54) is 68.0 Å². The van der Waals surface area contributed by atoms with Crippen molar-refractivity contribution < 1.29 is 45.5 Å². The van der Waals surface area contributed by atoms with Crippen molar-refractivity contribution >= 4 is 67.8 Å². The normalized spacial score (nSPS) is 12.1. The van der Waals surface area contributed by atoms with Gasteiger partial charge < -0.3 is 59.3 Å². The fraction of sp³-hybridized carbons (Fsp3) is 0.358. The molecular formula is C53H64F6N16O5. The molecule has 4 N–H and O–H groups in total. The van der Waals surface area contributed by atoms with Crippen LogP contribution in [0.3, 0.4) is 0 Å². The highest BCUT2D eigenvalue weighted by molar-refractivity contribution is 5.95. The van der Waals surface area contributed by atoms with Gasteiger partial charge in [0.05, 0.1) is 27.7 Å². The van der Waals surface area contributed by atoms with Crippen LogP contribution in [0, 0.1) is 21.7 Å². The minimum Gasteiger partial charge on any atom is -0.433 e. The van der Waals surface area contributed by atoms with Crippen molar-refractivity contribution in [2.75, 3.05) is 108 Å². The molecule has 5 heterocycles. The predicted octanol–water partition coefficient (Wildman–Crippen LogP) is 9.95. The van der Waals surface area contributed by atoms with Gasteiger partial charge in [-0.1, -0.05) is 7.43 Å². The summed E-state index contributed by atoms with van der Waals surface area (Å²) in [4.78, 5) is 43.9. The summed E-state index contributed by atoms with van der Waals surface area (Å²) in [6.45, 7) is -1.89. The van der Waals surface area contributed by atoms with Gasteiger partial charge >= 0.3 is 13.2 Å². The lowest BCUT2D eigenvalue weighted by Crippen LogP contribution is -2.29. The van der Waals surface area contributed by atoms with E-state index in [1.807, 2.05) is 61.6 Å². The molecule has 8 aromatic rings. The summed E-state index contributed by atoms with van der Waals surface area (Å²) in [7, 11) is 14.6. The Labute approximate surface area is 458 Å². The molecule has 0 amide bonds. The molecule has 0 unspecified atom stereocenters. The van der Waals surface area contributed by atoms with Crippen LogP contribution in [0.25, 0.3) is 44.6 Å². The lowest BCUT2D eigenvalue weighted by atomic mass is 10.1. The maximum atomic E-state index is 13.9. The first kappa shape index (κ1) is 60.7. The fourth-order valence-corrected chi connectivity index (χ4v) is 8.26. The van der Waals surface area contributed by atoms with Gasteiger partial charge in [-0.25, -0.2) is 28.7 Å². The summed E-state index contributed by atoms with van der Waals surface area (Å²) in [6, 6.07) is 14.0. The van der Waals surface area contributed by atoms with Gasteiger partial charge in [0.15, 0.2) is 23.1 Å². The van der Waals surface area contributed by atoms with Gasteiger partial charge in [0, 0.05) is 131 Å². The summed E-state index contributed by atoms with van der Waals surface area (Å²) in [5.41, 5.74) is 9.63. The molecule has 0 radical (unpaired) electrons. The van der Waals surface area contributed by atoms with Crippen LogP contribution in [0.4, 0.5) is 72.4 Å². The molecule has 0 spiro atoms. The quantitative estimate of drug-likeness (QED) is 0.0297. The Kier molecular flexibility index (Phi) is 20.7. The zero-order chi connectivity index (χ0) is 57.1. The van der Waals surface area contributed by atoms with Crippen molar-refractivity contribution in [1.82, 2.24) is 48.8 Å². The molecule has 4 aromatic heterocycles.